The average molecular weight is 304 g/mol. The minimum absolute atomic E-state index is 0.942. The van der Waals surface area contributed by atoms with Crippen LogP contribution >= 0.6 is 11.3 Å². The van der Waals surface area contributed by atoms with Crippen molar-refractivity contribution in [3.05, 3.63) is 77.7 Å². The van der Waals surface area contributed by atoms with Crippen molar-refractivity contribution in [1.82, 2.24) is 9.55 Å². The van der Waals surface area contributed by atoms with Gasteiger partial charge in [-0.3, -0.25) is 0 Å². The summed E-state index contributed by atoms with van der Waals surface area (Å²) < 4.78 is 2.34. The van der Waals surface area contributed by atoms with Crippen LogP contribution in [0.3, 0.4) is 0 Å². The first-order valence-electron chi connectivity index (χ1n) is 7.45. The average Bonchev–Trinajstić information content (AvgIpc) is 3.21. The molecule has 0 radical (unpaired) electrons. The van der Waals surface area contributed by atoms with Gasteiger partial charge in [0.15, 0.2) is 5.82 Å². The second-order valence-electron chi connectivity index (χ2n) is 5.29. The van der Waals surface area contributed by atoms with Crippen LogP contribution in [0.1, 0.15) is 5.56 Å². The zero-order valence-electron chi connectivity index (χ0n) is 12.1. The molecule has 0 N–H and O–H groups in total. The lowest BCUT2D eigenvalue weighted by atomic mass is 10.1. The van der Waals surface area contributed by atoms with E-state index in [0.29, 0.717) is 0 Å². The Bertz CT molecular complexity index is 876. The predicted octanol–water partition coefficient (Wildman–Crippen LogP) is 5.01. The Hall–Kier alpha value is -2.39. The van der Waals surface area contributed by atoms with Gasteiger partial charge >= 0.3 is 0 Å². The van der Waals surface area contributed by atoms with Gasteiger partial charge in [-0.05, 0) is 35.6 Å². The van der Waals surface area contributed by atoms with Crippen molar-refractivity contribution in [3.8, 4) is 10.7 Å². The van der Waals surface area contributed by atoms with E-state index in [2.05, 4.69) is 76.7 Å². The molecule has 0 spiro atoms. The summed E-state index contributed by atoms with van der Waals surface area (Å²) in [6, 6.07) is 23.2. The third kappa shape index (κ3) is 2.44. The number of hydrogen-bond acceptors (Lipinski definition) is 2. The molecule has 0 aliphatic rings. The molecule has 4 rings (SSSR count). The van der Waals surface area contributed by atoms with Gasteiger partial charge in [-0.2, -0.15) is 0 Å². The summed E-state index contributed by atoms with van der Waals surface area (Å²) in [7, 11) is 0. The number of thiophene rings is 1. The molecule has 0 saturated carbocycles. The number of aryl methyl sites for hydroxylation is 2. The molecule has 3 heteroatoms. The quantitative estimate of drug-likeness (QED) is 0.518. The highest BCUT2D eigenvalue weighted by Gasteiger charge is 2.12. The van der Waals surface area contributed by atoms with Crippen molar-refractivity contribution in [3.63, 3.8) is 0 Å². The fraction of sp³-hybridized carbons (Fsp3) is 0.105. The van der Waals surface area contributed by atoms with E-state index in [0.717, 1.165) is 24.3 Å². The molecule has 2 heterocycles. The van der Waals surface area contributed by atoms with Gasteiger partial charge in [0, 0.05) is 6.54 Å². The third-order valence-corrected chi connectivity index (χ3v) is 4.73. The van der Waals surface area contributed by atoms with Gasteiger partial charge in [-0.25, -0.2) is 4.98 Å². The number of benzene rings is 2. The fourth-order valence-electron chi connectivity index (χ4n) is 2.78. The van der Waals surface area contributed by atoms with Gasteiger partial charge in [-0.15, -0.1) is 11.3 Å². The molecule has 0 aliphatic heterocycles. The first kappa shape index (κ1) is 13.3. The number of rotatable bonds is 4. The molecule has 22 heavy (non-hydrogen) atoms. The summed E-state index contributed by atoms with van der Waals surface area (Å²) in [5.41, 5.74) is 3.64. The van der Waals surface area contributed by atoms with Gasteiger partial charge in [0.05, 0.1) is 15.9 Å². The maximum Gasteiger partial charge on any atom is 0.151 e. The number of hydrogen-bond donors (Lipinski definition) is 0. The number of imidazole rings is 1. The summed E-state index contributed by atoms with van der Waals surface area (Å²) in [6.45, 7) is 0.942. The second-order valence-corrected chi connectivity index (χ2v) is 6.24. The normalized spacial score (nSPS) is 11.1. The molecular formula is C19H16N2S. The Balaban J connectivity index is 1.76. The predicted molar refractivity (Wildman–Crippen MR) is 93.2 cm³/mol. The highest BCUT2D eigenvalue weighted by molar-refractivity contribution is 7.13. The molecular weight excluding hydrogens is 288 g/mol. The number of aromatic nitrogens is 2. The largest absolute Gasteiger partial charge is 0.323 e. The lowest BCUT2D eigenvalue weighted by molar-refractivity contribution is 0.724. The Kier molecular flexibility index (Phi) is 3.49. The van der Waals surface area contributed by atoms with E-state index >= 15 is 0 Å². The number of nitrogens with zero attached hydrogens (tertiary/aromatic N) is 2. The van der Waals surface area contributed by atoms with E-state index in [-0.39, 0.29) is 0 Å². The van der Waals surface area contributed by atoms with E-state index in [9.17, 15) is 0 Å². The molecule has 108 valence electrons. The molecule has 0 saturated heterocycles. The first-order valence-corrected chi connectivity index (χ1v) is 8.33. The minimum Gasteiger partial charge on any atom is -0.323 e. The molecule has 0 unspecified atom stereocenters. The van der Waals surface area contributed by atoms with Crippen LogP contribution in [0.4, 0.5) is 0 Å². The van der Waals surface area contributed by atoms with Crippen molar-refractivity contribution < 1.29 is 0 Å². The molecule has 0 amide bonds. The number of fused-ring (bicyclic) bond motifs is 1. The molecule has 2 nitrogen and oxygen atoms in total. The molecule has 0 bridgehead atoms. The molecule has 4 aromatic rings. The van der Waals surface area contributed by atoms with E-state index in [1.165, 1.54) is 16.0 Å². The zero-order valence-corrected chi connectivity index (χ0v) is 13.0. The van der Waals surface area contributed by atoms with E-state index in [1.807, 2.05) is 0 Å². The Morgan fingerprint density at radius 1 is 0.864 bits per heavy atom. The molecule has 0 fully saturated rings. The summed E-state index contributed by atoms with van der Waals surface area (Å²) >= 11 is 1.74. The molecule has 0 aliphatic carbocycles. The standard InChI is InChI=1S/C19H16N2S/c1-2-7-15(8-3-1)12-13-21-17-10-5-4-9-16(17)20-19(21)18-11-6-14-22-18/h1-11,14H,12-13H2. The van der Waals surface area contributed by atoms with Gasteiger partial charge in [-0.1, -0.05) is 48.5 Å². The van der Waals surface area contributed by atoms with E-state index < -0.39 is 0 Å². The monoisotopic (exact) mass is 304 g/mol. The molecule has 2 aromatic heterocycles. The smallest absolute Gasteiger partial charge is 0.151 e. The second kappa shape index (κ2) is 5.78. The first-order chi connectivity index (χ1) is 10.9. The van der Waals surface area contributed by atoms with Crippen LogP contribution in [0.15, 0.2) is 72.1 Å². The topological polar surface area (TPSA) is 17.8 Å². The summed E-state index contributed by atoms with van der Waals surface area (Å²) in [5, 5.41) is 2.11. The lowest BCUT2D eigenvalue weighted by Crippen LogP contribution is -2.03. The van der Waals surface area contributed by atoms with Gasteiger partial charge in [0.25, 0.3) is 0 Å². The Morgan fingerprint density at radius 2 is 1.68 bits per heavy atom. The van der Waals surface area contributed by atoms with Crippen molar-refractivity contribution in [1.29, 1.82) is 0 Å². The summed E-state index contributed by atoms with van der Waals surface area (Å²) in [5.74, 6) is 1.08. The lowest BCUT2D eigenvalue weighted by Gasteiger charge is -2.08. The van der Waals surface area contributed by atoms with Crippen LogP contribution in [0.25, 0.3) is 21.7 Å². The zero-order chi connectivity index (χ0) is 14.8. The SMILES string of the molecule is c1ccc(CCn2c(-c3cccs3)nc3ccccc32)cc1. The van der Waals surface area contributed by atoms with Crippen molar-refractivity contribution in [2.24, 2.45) is 0 Å². The summed E-state index contributed by atoms with van der Waals surface area (Å²) in [4.78, 5) is 6.07. The van der Waals surface area contributed by atoms with Crippen LogP contribution in [-0.4, -0.2) is 9.55 Å². The van der Waals surface area contributed by atoms with E-state index in [1.54, 1.807) is 11.3 Å². The van der Waals surface area contributed by atoms with Crippen LogP contribution in [0.2, 0.25) is 0 Å². The highest BCUT2D eigenvalue weighted by Crippen LogP contribution is 2.28. The van der Waals surface area contributed by atoms with E-state index in [4.69, 9.17) is 4.98 Å². The maximum atomic E-state index is 4.84. The van der Waals surface area contributed by atoms with Crippen LogP contribution in [-0.2, 0) is 13.0 Å². The van der Waals surface area contributed by atoms with Gasteiger partial charge in [0.1, 0.15) is 0 Å². The minimum atomic E-state index is 0.942. The highest BCUT2D eigenvalue weighted by atomic mass is 32.1. The molecule has 0 atom stereocenters. The summed E-state index contributed by atoms with van der Waals surface area (Å²) in [6.07, 6.45) is 1.01. The van der Waals surface area contributed by atoms with Gasteiger partial charge < -0.3 is 4.57 Å². The fourth-order valence-corrected chi connectivity index (χ4v) is 3.50. The van der Waals surface area contributed by atoms with Gasteiger partial charge in [0.2, 0.25) is 0 Å². The van der Waals surface area contributed by atoms with Crippen molar-refractivity contribution in [2.75, 3.05) is 0 Å². The maximum absolute atomic E-state index is 4.84. The number of para-hydroxylation sites is 2. The molecule has 2 aromatic carbocycles. The van der Waals surface area contributed by atoms with Crippen LogP contribution in [0, 0.1) is 0 Å². The third-order valence-electron chi connectivity index (χ3n) is 3.86. The van der Waals surface area contributed by atoms with Crippen molar-refractivity contribution in [2.45, 2.75) is 13.0 Å². The Morgan fingerprint density at radius 3 is 2.50 bits per heavy atom. The van der Waals surface area contributed by atoms with Crippen LogP contribution < -0.4 is 0 Å². The Labute approximate surface area is 133 Å². The van der Waals surface area contributed by atoms with Crippen molar-refractivity contribution >= 4 is 22.4 Å². The van der Waals surface area contributed by atoms with Crippen LogP contribution in [0.5, 0.6) is 0 Å².